The number of benzene rings is 2. The van der Waals surface area contributed by atoms with Crippen LogP contribution in [0, 0.1) is 0 Å². The van der Waals surface area contributed by atoms with Crippen molar-refractivity contribution in [3.05, 3.63) is 66.4 Å². The Kier molecular flexibility index (Phi) is 7.02. The number of nitrogens with one attached hydrogen (secondary N) is 1. The summed E-state index contributed by atoms with van der Waals surface area (Å²) in [5.74, 6) is 1.15. The van der Waals surface area contributed by atoms with Gasteiger partial charge in [0.1, 0.15) is 5.75 Å². The highest BCUT2D eigenvalue weighted by Crippen LogP contribution is 2.22. The predicted molar refractivity (Wildman–Crippen MR) is 116 cm³/mol. The van der Waals surface area contributed by atoms with Crippen molar-refractivity contribution in [3.8, 4) is 17.0 Å². The molecule has 3 N–H and O–H groups in total. The standard InChI is InChI=1S/C19H21N5O.HI/c1-24-13-15(18(23-24)14-6-4-3-5-7-14)12-21-19(20)22-16-8-10-17(25-2)11-9-16;/h3-11,13H,12H2,1-2H3,(H3,20,21,22);1H. The molecule has 0 saturated carbocycles. The molecule has 2 aromatic carbocycles. The smallest absolute Gasteiger partial charge is 0.193 e. The van der Waals surface area contributed by atoms with Crippen molar-refractivity contribution in [2.24, 2.45) is 17.8 Å². The largest absolute Gasteiger partial charge is 0.497 e. The minimum absolute atomic E-state index is 0. The Balaban J connectivity index is 0.00000243. The maximum Gasteiger partial charge on any atom is 0.193 e. The maximum atomic E-state index is 6.00. The fraction of sp³-hybridized carbons (Fsp3) is 0.158. The molecule has 3 rings (SSSR count). The Hall–Kier alpha value is -2.55. The van der Waals surface area contributed by atoms with Crippen LogP contribution in [-0.4, -0.2) is 22.8 Å². The van der Waals surface area contributed by atoms with Crippen molar-refractivity contribution in [3.63, 3.8) is 0 Å². The number of ether oxygens (including phenoxy) is 1. The van der Waals surface area contributed by atoms with Crippen LogP contribution in [0.5, 0.6) is 5.75 Å². The number of nitrogens with zero attached hydrogens (tertiary/aromatic N) is 3. The zero-order valence-corrected chi connectivity index (χ0v) is 17.0. The Morgan fingerprint density at radius 2 is 1.85 bits per heavy atom. The number of halogens is 1. The van der Waals surface area contributed by atoms with Gasteiger partial charge in [-0.3, -0.25) is 4.68 Å². The van der Waals surface area contributed by atoms with Gasteiger partial charge in [-0.05, 0) is 24.3 Å². The zero-order valence-electron chi connectivity index (χ0n) is 14.7. The first kappa shape index (κ1) is 19.8. The van der Waals surface area contributed by atoms with E-state index in [-0.39, 0.29) is 24.0 Å². The van der Waals surface area contributed by atoms with Gasteiger partial charge in [0, 0.05) is 30.1 Å². The summed E-state index contributed by atoms with van der Waals surface area (Å²) in [4.78, 5) is 4.43. The molecule has 136 valence electrons. The van der Waals surface area contributed by atoms with Crippen molar-refractivity contribution in [1.29, 1.82) is 0 Å². The van der Waals surface area contributed by atoms with Crippen LogP contribution in [0.15, 0.2) is 65.8 Å². The molecule has 1 heterocycles. The number of rotatable bonds is 5. The summed E-state index contributed by atoms with van der Waals surface area (Å²) in [6, 6.07) is 17.6. The molecule has 6 nitrogen and oxygen atoms in total. The summed E-state index contributed by atoms with van der Waals surface area (Å²) in [5.41, 5.74) is 9.86. The Bertz CT molecular complexity index is 859. The Labute approximate surface area is 170 Å². The van der Waals surface area contributed by atoms with Crippen LogP contribution in [-0.2, 0) is 13.6 Å². The van der Waals surface area contributed by atoms with Crippen LogP contribution in [0.2, 0.25) is 0 Å². The first-order valence-electron chi connectivity index (χ1n) is 7.94. The average Bonchev–Trinajstić information content (AvgIpc) is 3.02. The lowest BCUT2D eigenvalue weighted by molar-refractivity contribution is 0.415. The average molecular weight is 463 g/mol. The van der Waals surface area contributed by atoms with Crippen molar-refractivity contribution in [2.75, 3.05) is 12.4 Å². The van der Waals surface area contributed by atoms with Gasteiger partial charge in [0.25, 0.3) is 0 Å². The van der Waals surface area contributed by atoms with E-state index in [9.17, 15) is 0 Å². The van der Waals surface area contributed by atoms with Gasteiger partial charge in [0.15, 0.2) is 5.96 Å². The van der Waals surface area contributed by atoms with Crippen LogP contribution < -0.4 is 15.8 Å². The summed E-state index contributed by atoms with van der Waals surface area (Å²) in [6.07, 6.45) is 1.96. The van der Waals surface area contributed by atoms with Crippen LogP contribution in [0.3, 0.4) is 0 Å². The van der Waals surface area contributed by atoms with E-state index in [1.807, 2.05) is 67.8 Å². The normalized spacial score (nSPS) is 10.9. The molecular formula is C19H22IN5O. The van der Waals surface area contributed by atoms with E-state index in [0.29, 0.717) is 12.5 Å². The summed E-state index contributed by atoms with van der Waals surface area (Å²) >= 11 is 0. The Morgan fingerprint density at radius 3 is 2.50 bits per heavy atom. The molecular weight excluding hydrogens is 441 g/mol. The lowest BCUT2D eigenvalue weighted by atomic mass is 10.1. The molecule has 0 bridgehead atoms. The Morgan fingerprint density at radius 1 is 1.15 bits per heavy atom. The summed E-state index contributed by atoms with van der Waals surface area (Å²) in [7, 11) is 3.54. The van der Waals surface area contributed by atoms with E-state index >= 15 is 0 Å². The number of anilines is 1. The van der Waals surface area contributed by atoms with E-state index in [1.54, 1.807) is 11.8 Å². The number of nitrogens with two attached hydrogens (primary N) is 1. The number of aryl methyl sites for hydroxylation is 1. The monoisotopic (exact) mass is 463 g/mol. The highest BCUT2D eigenvalue weighted by molar-refractivity contribution is 14.0. The fourth-order valence-electron chi connectivity index (χ4n) is 2.52. The SMILES string of the molecule is COc1ccc(NC(N)=NCc2cn(C)nc2-c2ccccc2)cc1.I. The van der Waals surface area contributed by atoms with Gasteiger partial charge in [-0.1, -0.05) is 30.3 Å². The minimum atomic E-state index is 0. The molecule has 0 unspecified atom stereocenters. The summed E-state index contributed by atoms with van der Waals surface area (Å²) < 4.78 is 6.93. The van der Waals surface area contributed by atoms with Crippen LogP contribution in [0.25, 0.3) is 11.3 Å². The third kappa shape index (κ3) is 4.98. The van der Waals surface area contributed by atoms with E-state index in [0.717, 1.165) is 28.3 Å². The molecule has 0 saturated heterocycles. The van der Waals surface area contributed by atoms with Crippen molar-refractivity contribution < 1.29 is 4.74 Å². The molecule has 0 aliphatic rings. The molecule has 0 atom stereocenters. The van der Waals surface area contributed by atoms with Crippen LogP contribution >= 0.6 is 24.0 Å². The second-order valence-corrected chi connectivity index (χ2v) is 5.60. The summed E-state index contributed by atoms with van der Waals surface area (Å²) in [6.45, 7) is 0.451. The fourth-order valence-corrected chi connectivity index (χ4v) is 2.52. The number of guanidine groups is 1. The van der Waals surface area contributed by atoms with Gasteiger partial charge >= 0.3 is 0 Å². The highest BCUT2D eigenvalue weighted by atomic mass is 127. The molecule has 26 heavy (non-hydrogen) atoms. The minimum Gasteiger partial charge on any atom is -0.497 e. The zero-order chi connectivity index (χ0) is 17.6. The van der Waals surface area contributed by atoms with E-state index in [1.165, 1.54) is 0 Å². The van der Waals surface area contributed by atoms with Gasteiger partial charge in [0.05, 0.1) is 19.3 Å². The lowest BCUT2D eigenvalue weighted by Gasteiger charge is -2.07. The maximum absolute atomic E-state index is 6.00. The van der Waals surface area contributed by atoms with E-state index in [4.69, 9.17) is 10.5 Å². The second kappa shape index (κ2) is 9.23. The molecule has 1 aromatic heterocycles. The molecule has 0 amide bonds. The van der Waals surface area contributed by atoms with Crippen molar-refractivity contribution >= 4 is 35.6 Å². The first-order valence-corrected chi connectivity index (χ1v) is 7.94. The molecule has 0 aliphatic heterocycles. The van der Waals surface area contributed by atoms with Crippen molar-refractivity contribution in [2.45, 2.75) is 6.54 Å². The number of aliphatic imine (C=N–C) groups is 1. The predicted octanol–water partition coefficient (Wildman–Crippen LogP) is 3.64. The van der Waals surface area contributed by atoms with Crippen LogP contribution in [0.4, 0.5) is 5.69 Å². The molecule has 0 aliphatic carbocycles. The topological polar surface area (TPSA) is 77.5 Å². The van der Waals surface area contributed by atoms with Gasteiger partial charge in [-0.15, -0.1) is 24.0 Å². The molecule has 3 aromatic rings. The van der Waals surface area contributed by atoms with Gasteiger partial charge in [0.2, 0.25) is 0 Å². The quantitative estimate of drug-likeness (QED) is 0.344. The van der Waals surface area contributed by atoms with Crippen molar-refractivity contribution in [1.82, 2.24) is 9.78 Å². The number of aromatic nitrogens is 2. The highest BCUT2D eigenvalue weighted by Gasteiger charge is 2.09. The van der Waals surface area contributed by atoms with Crippen LogP contribution in [0.1, 0.15) is 5.56 Å². The van der Waals surface area contributed by atoms with Gasteiger partial charge in [-0.2, -0.15) is 5.10 Å². The van der Waals surface area contributed by atoms with E-state index in [2.05, 4.69) is 15.4 Å². The second-order valence-electron chi connectivity index (χ2n) is 5.60. The summed E-state index contributed by atoms with van der Waals surface area (Å²) in [5, 5.41) is 7.61. The van der Waals surface area contributed by atoms with Gasteiger partial charge < -0.3 is 15.8 Å². The number of hydrogen-bond acceptors (Lipinski definition) is 3. The third-order valence-corrected chi connectivity index (χ3v) is 3.73. The number of methoxy groups -OCH3 is 1. The molecule has 0 radical (unpaired) electrons. The molecule has 0 spiro atoms. The third-order valence-electron chi connectivity index (χ3n) is 3.73. The number of hydrogen-bond donors (Lipinski definition) is 2. The lowest BCUT2D eigenvalue weighted by Crippen LogP contribution is -2.22. The van der Waals surface area contributed by atoms with E-state index < -0.39 is 0 Å². The van der Waals surface area contributed by atoms with Gasteiger partial charge in [-0.25, -0.2) is 4.99 Å². The first-order chi connectivity index (χ1) is 12.2. The molecule has 0 fully saturated rings. The molecule has 7 heteroatoms.